The van der Waals surface area contributed by atoms with Crippen LogP contribution in [0.3, 0.4) is 0 Å². The highest BCUT2D eigenvalue weighted by Crippen LogP contribution is 2.31. The van der Waals surface area contributed by atoms with Crippen LogP contribution in [0.1, 0.15) is 46.2 Å². The highest BCUT2D eigenvalue weighted by atomic mass is 32.2. The third kappa shape index (κ3) is 6.42. The van der Waals surface area contributed by atoms with Crippen molar-refractivity contribution in [2.45, 2.75) is 40.5 Å². The van der Waals surface area contributed by atoms with Crippen LogP contribution in [-0.2, 0) is 17.1 Å². The molecule has 0 amide bonds. The smallest absolute Gasteiger partial charge is 0.251 e. The van der Waals surface area contributed by atoms with Crippen LogP contribution in [0.25, 0.3) is 27.6 Å². The molecule has 0 aliphatic carbocycles. The summed E-state index contributed by atoms with van der Waals surface area (Å²) < 4.78 is 30.0. The second-order valence-electron chi connectivity index (χ2n) is 9.60. The van der Waals surface area contributed by atoms with Gasteiger partial charge < -0.3 is 14.6 Å². The summed E-state index contributed by atoms with van der Waals surface area (Å²) in [6, 6.07) is 18.6. The van der Waals surface area contributed by atoms with Crippen molar-refractivity contribution in [2.24, 2.45) is 13.0 Å². The monoisotopic (exact) mass is 522 g/mol. The number of nitrogens with one attached hydrogen (secondary N) is 1. The average Bonchev–Trinajstić information content (AvgIpc) is 3.27. The van der Waals surface area contributed by atoms with E-state index in [0.29, 0.717) is 11.3 Å². The number of sulfonamides is 1. The number of nitrogens with zero attached hydrogens (tertiary/aromatic N) is 3. The predicted octanol–water partition coefficient (Wildman–Crippen LogP) is 5.27. The first-order valence-corrected chi connectivity index (χ1v) is 14.3. The fraction of sp³-hybridized carbons (Fsp3) is 0.414. The van der Waals surface area contributed by atoms with E-state index in [1.165, 1.54) is 11.1 Å². The summed E-state index contributed by atoms with van der Waals surface area (Å²) in [5.74, 6) is -0.248. The largest absolute Gasteiger partial charge is 0.396 e. The molecule has 2 aromatic carbocycles. The van der Waals surface area contributed by atoms with Gasteiger partial charge in [-0.15, -0.1) is 0 Å². The van der Waals surface area contributed by atoms with Crippen molar-refractivity contribution in [3.05, 3.63) is 59.1 Å². The molecule has 0 spiro atoms. The first-order chi connectivity index (χ1) is 17.7. The van der Waals surface area contributed by atoms with Crippen molar-refractivity contribution >= 4 is 32.1 Å². The number of aliphatic hydroxyl groups is 1. The lowest BCUT2D eigenvalue weighted by Gasteiger charge is -2.24. The summed E-state index contributed by atoms with van der Waals surface area (Å²) in [5.41, 5.74) is 4.20. The van der Waals surface area contributed by atoms with Crippen LogP contribution in [0, 0.1) is 17.2 Å². The molecule has 1 unspecified atom stereocenters. The molecule has 37 heavy (non-hydrogen) atoms. The van der Waals surface area contributed by atoms with Gasteiger partial charge in [0.05, 0.1) is 0 Å². The van der Waals surface area contributed by atoms with E-state index in [2.05, 4.69) is 59.9 Å². The Hall–Kier alpha value is -3.12. The number of nitriles is 1. The van der Waals surface area contributed by atoms with E-state index >= 15 is 0 Å². The van der Waals surface area contributed by atoms with Gasteiger partial charge >= 0.3 is 0 Å². The molecule has 0 aliphatic rings. The van der Waals surface area contributed by atoms with Gasteiger partial charge in [0.1, 0.15) is 6.07 Å². The molecule has 1 aromatic heterocycles. The summed E-state index contributed by atoms with van der Waals surface area (Å²) in [5, 5.41) is 21.2. The van der Waals surface area contributed by atoms with Crippen LogP contribution in [0.5, 0.6) is 0 Å². The van der Waals surface area contributed by atoms with Crippen molar-refractivity contribution in [1.29, 1.82) is 5.26 Å². The second kappa shape index (κ2) is 12.4. The van der Waals surface area contributed by atoms with Crippen LogP contribution in [-0.4, -0.2) is 44.3 Å². The fourth-order valence-corrected chi connectivity index (χ4v) is 5.80. The average molecular weight is 523 g/mol. The number of hydrogen-bond acceptors (Lipinski definition) is 5. The number of rotatable bonds is 12. The molecule has 1 heterocycles. The SMILES string of the molecule is CCCN(CCC)c1ccc2cc(-c3ccc(/C(C)=C(\C#N)S(=O)(=O)NCC(C)CO)n3C)ccc2c1. The number of benzene rings is 2. The third-order valence-corrected chi connectivity index (χ3v) is 8.10. The van der Waals surface area contributed by atoms with E-state index in [0.717, 1.165) is 42.6 Å². The first-order valence-electron chi connectivity index (χ1n) is 12.8. The lowest BCUT2D eigenvalue weighted by Crippen LogP contribution is -2.30. The minimum absolute atomic E-state index is 0.0587. The van der Waals surface area contributed by atoms with Crippen LogP contribution < -0.4 is 9.62 Å². The summed E-state index contributed by atoms with van der Waals surface area (Å²) >= 11 is 0. The van der Waals surface area contributed by atoms with Gasteiger partial charge in [0.15, 0.2) is 4.91 Å². The molecule has 0 bridgehead atoms. The highest BCUT2D eigenvalue weighted by Gasteiger charge is 2.23. The molecule has 0 saturated carbocycles. The van der Waals surface area contributed by atoms with Crippen molar-refractivity contribution < 1.29 is 13.5 Å². The highest BCUT2D eigenvalue weighted by molar-refractivity contribution is 7.93. The molecular formula is C29H38N4O3S. The number of hydrogen-bond donors (Lipinski definition) is 2. The maximum atomic E-state index is 12.8. The molecule has 8 heteroatoms. The van der Waals surface area contributed by atoms with Crippen molar-refractivity contribution in [3.63, 3.8) is 0 Å². The van der Waals surface area contributed by atoms with Gasteiger partial charge in [0, 0.05) is 55.9 Å². The Morgan fingerprint density at radius 3 is 2.35 bits per heavy atom. The van der Waals surface area contributed by atoms with Gasteiger partial charge in [-0.1, -0.05) is 39.0 Å². The first kappa shape index (κ1) is 28.5. The van der Waals surface area contributed by atoms with Crippen molar-refractivity contribution in [1.82, 2.24) is 9.29 Å². The summed E-state index contributed by atoms with van der Waals surface area (Å²) in [7, 11) is -2.13. The van der Waals surface area contributed by atoms with Gasteiger partial charge in [0.2, 0.25) is 0 Å². The minimum Gasteiger partial charge on any atom is -0.396 e. The number of fused-ring (bicyclic) bond motifs is 1. The van der Waals surface area contributed by atoms with Gasteiger partial charge in [-0.05, 0) is 72.4 Å². The van der Waals surface area contributed by atoms with Gasteiger partial charge in [-0.3, -0.25) is 0 Å². The number of aromatic nitrogens is 1. The Balaban J connectivity index is 1.96. The Bertz CT molecular complexity index is 1410. The molecule has 0 radical (unpaired) electrons. The van der Waals surface area contributed by atoms with Crippen LogP contribution in [0.2, 0.25) is 0 Å². The normalized spacial score (nSPS) is 13.3. The zero-order chi connectivity index (χ0) is 27.2. The number of allylic oxidation sites excluding steroid dienone is 2. The van der Waals surface area contributed by atoms with Crippen LogP contribution in [0.4, 0.5) is 5.69 Å². The number of aliphatic hydroxyl groups excluding tert-OH is 1. The molecule has 3 aromatic rings. The van der Waals surface area contributed by atoms with Crippen molar-refractivity contribution in [2.75, 3.05) is 31.1 Å². The van der Waals surface area contributed by atoms with Crippen LogP contribution >= 0.6 is 0 Å². The predicted molar refractivity (Wildman–Crippen MR) is 153 cm³/mol. The van der Waals surface area contributed by atoms with Gasteiger partial charge in [-0.25, -0.2) is 13.1 Å². The van der Waals surface area contributed by atoms with Gasteiger partial charge in [0.25, 0.3) is 10.0 Å². The van der Waals surface area contributed by atoms with E-state index in [9.17, 15) is 18.8 Å². The lowest BCUT2D eigenvalue weighted by molar-refractivity contribution is 0.239. The lowest BCUT2D eigenvalue weighted by atomic mass is 10.0. The van der Waals surface area contributed by atoms with E-state index in [4.69, 9.17) is 0 Å². The Morgan fingerprint density at radius 2 is 1.73 bits per heavy atom. The molecule has 0 aliphatic heterocycles. The molecular weight excluding hydrogens is 484 g/mol. The van der Waals surface area contributed by atoms with Crippen molar-refractivity contribution in [3.8, 4) is 17.3 Å². The van der Waals surface area contributed by atoms with E-state index in [1.54, 1.807) is 13.8 Å². The maximum absolute atomic E-state index is 12.8. The molecule has 1 atom stereocenters. The maximum Gasteiger partial charge on any atom is 0.251 e. The topological polar surface area (TPSA) is 98.4 Å². The summed E-state index contributed by atoms with van der Waals surface area (Å²) in [4.78, 5) is 2.10. The Labute approximate surface area is 221 Å². The van der Waals surface area contributed by atoms with E-state index in [1.807, 2.05) is 29.8 Å². The minimum atomic E-state index is -4.01. The molecule has 7 nitrogen and oxygen atoms in total. The zero-order valence-electron chi connectivity index (χ0n) is 22.5. The van der Waals surface area contributed by atoms with E-state index in [-0.39, 0.29) is 24.0 Å². The number of anilines is 1. The molecule has 198 valence electrons. The molecule has 0 fully saturated rings. The summed E-state index contributed by atoms with van der Waals surface area (Å²) in [6.45, 7) is 9.76. The van der Waals surface area contributed by atoms with Crippen LogP contribution in [0.15, 0.2) is 53.4 Å². The Morgan fingerprint density at radius 1 is 1.08 bits per heavy atom. The summed E-state index contributed by atoms with van der Waals surface area (Å²) in [6.07, 6.45) is 2.21. The zero-order valence-corrected chi connectivity index (χ0v) is 23.3. The molecule has 3 rings (SSSR count). The molecule has 2 N–H and O–H groups in total. The standard InChI is InChI=1S/C29H38N4O3S/c1-6-14-33(15-7-2)26-11-10-23-16-25(9-8-24(23)17-26)28-13-12-27(32(28)5)22(4)29(18-30)37(35,36)31-19-21(3)20-34/h8-13,16-17,21,31,34H,6-7,14-15,19-20H2,1-5H3/b29-22+. The quantitative estimate of drug-likeness (QED) is 0.316. The Kier molecular flexibility index (Phi) is 9.55. The second-order valence-corrected chi connectivity index (χ2v) is 11.3. The van der Waals surface area contributed by atoms with E-state index < -0.39 is 10.0 Å². The molecule has 0 saturated heterocycles. The fourth-order valence-electron chi connectivity index (χ4n) is 4.53. The third-order valence-electron chi connectivity index (χ3n) is 6.62. The van der Waals surface area contributed by atoms with Gasteiger partial charge in [-0.2, -0.15) is 5.26 Å².